The molecule has 19 heavy (non-hydrogen) atoms. The maximum atomic E-state index is 13.2. The Kier molecular flexibility index (Phi) is 4.17. The summed E-state index contributed by atoms with van der Waals surface area (Å²) in [6.45, 7) is 4.35. The molecule has 0 saturated carbocycles. The number of nitrogens with two attached hydrogens (primary N) is 1. The smallest absolute Gasteiger partial charge is 0.130 e. The average Bonchev–Trinajstić information content (AvgIpc) is 2.37. The van der Waals surface area contributed by atoms with Crippen LogP contribution >= 0.6 is 0 Å². The predicted octanol–water partition coefficient (Wildman–Crippen LogP) is 3.74. The number of hydrogen-bond acceptors (Lipinski definition) is 2. The lowest BCUT2D eigenvalue weighted by Crippen LogP contribution is -2.02. The van der Waals surface area contributed by atoms with E-state index >= 15 is 0 Å². The van der Waals surface area contributed by atoms with E-state index in [0.29, 0.717) is 17.9 Å². The molecular formula is C16H18FNO. The van der Waals surface area contributed by atoms with E-state index in [1.54, 1.807) is 19.1 Å². The molecule has 2 rings (SSSR count). The Morgan fingerprint density at radius 2 is 1.84 bits per heavy atom. The first-order valence-corrected chi connectivity index (χ1v) is 6.34. The van der Waals surface area contributed by atoms with Gasteiger partial charge in [0.15, 0.2) is 0 Å². The van der Waals surface area contributed by atoms with Gasteiger partial charge in [-0.3, -0.25) is 0 Å². The third-order valence-electron chi connectivity index (χ3n) is 3.03. The van der Waals surface area contributed by atoms with E-state index in [9.17, 15) is 4.39 Å². The van der Waals surface area contributed by atoms with Gasteiger partial charge in [0.1, 0.15) is 17.3 Å². The van der Waals surface area contributed by atoms with Crippen molar-refractivity contribution in [3.05, 3.63) is 58.9 Å². The summed E-state index contributed by atoms with van der Waals surface area (Å²) < 4.78 is 19.0. The van der Waals surface area contributed by atoms with E-state index in [4.69, 9.17) is 10.5 Å². The highest BCUT2D eigenvalue weighted by Gasteiger charge is 2.05. The topological polar surface area (TPSA) is 35.2 Å². The molecule has 0 radical (unpaired) electrons. The molecule has 0 aliphatic heterocycles. The van der Waals surface area contributed by atoms with Crippen LogP contribution in [-0.2, 0) is 6.42 Å². The van der Waals surface area contributed by atoms with Crippen molar-refractivity contribution in [2.75, 3.05) is 6.54 Å². The van der Waals surface area contributed by atoms with Gasteiger partial charge in [-0.05, 0) is 67.8 Å². The zero-order valence-electron chi connectivity index (χ0n) is 11.2. The molecular weight excluding hydrogens is 241 g/mol. The van der Waals surface area contributed by atoms with Gasteiger partial charge in [0.25, 0.3) is 0 Å². The van der Waals surface area contributed by atoms with E-state index in [0.717, 1.165) is 17.7 Å². The summed E-state index contributed by atoms with van der Waals surface area (Å²) in [4.78, 5) is 0. The number of benzene rings is 2. The van der Waals surface area contributed by atoms with Crippen molar-refractivity contribution in [2.45, 2.75) is 20.3 Å². The van der Waals surface area contributed by atoms with Crippen LogP contribution in [0.5, 0.6) is 11.5 Å². The van der Waals surface area contributed by atoms with E-state index < -0.39 is 0 Å². The Bertz CT molecular complexity index is 581. The molecule has 3 heteroatoms. The minimum Gasteiger partial charge on any atom is -0.457 e. The normalized spacial score (nSPS) is 10.5. The lowest BCUT2D eigenvalue weighted by Gasteiger charge is -2.11. The Morgan fingerprint density at radius 1 is 1.05 bits per heavy atom. The van der Waals surface area contributed by atoms with E-state index in [-0.39, 0.29) is 5.82 Å². The third-order valence-corrected chi connectivity index (χ3v) is 3.03. The van der Waals surface area contributed by atoms with Crippen molar-refractivity contribution in [3.63, 3.8) is 0 Å². The molecule has 0 aliphatic carbocycles. The SMILES string of the molecule is Cc1cc(Oc2ccc(CCN)cc2C)ccc1F. The van der Waals surface area contributed by atoms with Crippen LogP contribution in [0.25, 0.3) is 0 Å². The molecule has 0 saturated heterocycles. The molecule has 0 atom stereocenters. The molecule has 0 bridgehead atoms. The molecule has 2 aromatic carbocycles. The van der Waals surface area contributed by atoms with Crippen LogP contribution in [0.3, 0.4) is 0 Å². The fourth-order valence-electron chi connectivity index (χ4n) is 1.96. The highest BCUT2D eigenvalue weighted by atomic mass is 19.1. The van der Waals surface area contributed by atoms with Gasteiger partial charge in [0, 0.05) is 0 Å². The molecule has 0 amide bonds. The van der Waals surface area contributed by atoms with E-state index in [2.05, 4.69) is 6.07 Å². The standard InChI is InChI=1S/C16H18FNO/c1-11-10-14(4-5-15(11)17)19-16-6-3-13(7-8-18)9-12(16)2/h3-6,9-10H,7-8,18H2,1-2H3. The van der Waals surface area contributed by atoms with Crippen molar-refractivity contribution in [1.29, 1.82) is 0 Å². The Labute approximate surface area is 113 Å². The summed E-state index contributed by atoms with van der Waals surface area (Å²) >= 11 is 0. The molecule has 0 heterocycles. The third kappa shape index (κ3) is 3.32. The second-order valence-corrected chi connectivity index (χ2v) is 4.65. The Balaban J connectivity index is 2.20. The molecule has 100 valence electrons. The van der Waals surface area contributed by atoms with Crippen LogP contribution < -0.4 is 10.5 Å². The number of ether oxygens (including phenoxy) is 1. The number of aryl methyl sites for hydroxylation is 2. The van der Waals surface area contributed by atoms with E-state index in [1.807, 2.05) is 19.1 Å². The summed E-state index contributed by atoms with van der Waals surface area (Å²) in [7, 11) is 0. The van der Waals surface area contributed by atoms with Crippen LogP contribution in [-0.4, -0.2) is 6.54 Å². The van der Waals surface area contributed by atoms with Gasteiger partial charge in [0.2, 0.25) is 0 Å². The number of hydrogen-bond donors (Lipinski definition) is 1. The second kappa shape index (κ2) is 5.85. The summed E-state index contributed by atoms with van der Waals surface area (Å²) in [5, 5.41) is 0. The van der Waals surface area contributed by atoms with Crippen LogP contribution in [0.2, 0.25) is 0 Å². The van der Waals surface area contributed by atoms with Gasteiger partial charge >= 0.3 is 0 Å². The quantitative estimate of drug-likeness (QED) is 0.907. The highest BCUT2D eigenvalue weighted by molar-refractivity contribution is 5.40. The molecule has 2 N–H and O–H groups in total. The maximum Gasteiger partial charge on any atom is 0.130 e. The molecule has 0 spiro atoms. The molecule has 2 nitrogen and oxygen atoms in total. The maximum absolute atomic E-state index is 13.2. The van der Waals surface area contributed by atoms with Crippen LogP contribution in [0.15, 0.2) is 36.4 Å². The fourth-order valence-corrected chi connectivity index (χ4v) is 1.96. The highest BCUT2D eigenvalue weighted by Crippen LogP contribution is 2.27. The molecule has 0 fully saturated rings. The summed E-state index contributed by atoms with van der Waals surface area (Å²) in [5.41, 5.74) is 8.36. The molecule has 0 aliphatic rings. The van der Waals surface area contributed by atoms with Crippen molar-refractivity contribution >= 4 is 0 Å². The number of halogens is 1. The zero-order valence-corrected chi connectivity index (χ0v) is 11.2. The van der Waals surface area contributed by atoms with Gasteiger partial charge in [-0.1, -0.05) is 12.1 Å². The minimum absolute atomic E-state index is 0.220. The Hall–Kier alpha value is -1.87. The summed E-state index contributed by atoms with van der Waals surface area (Å²) in [5.74, 6) is 1.21. The van der Waals surface area contributed by atoms with Gasteiger partial charge in [0.05, 0.1) is 0 Å². The van der Waals surface area contributed by atoms with E-state index in [1.165, 1.54) is 11.6 Å². The first-order chi connectivity index (χ1) is 9.10. The van der Waals surface area contributed by atoms with Gasteiger partial charge in [-0.15, -0.1) is 0 Å². The predicted molar refractivity (Wildman–Crippen MR) is 75.1 cm³/mol. The zero-order chi connectivity index (χ0) is 13.8. The lowest BCUT2D eigenvalue weighted by atomic mass is 10.1. The molecule has 0 aromatic heterocycles. The summed E-state index contributed by atoms with van der Waals surface area (Å²) in [6, 6.07) is 10.8. The first kappa shape index (κ1) is 13.6. The van der Waals surface area contributed by atoms with Crippen LogP contribution in [0, 0.1) is 19.7 Å². The van der Waals surface area contributed by atoms with Crippen molar-refractivity contribution in [2.24, 2.45) is 5.73 Å². The van der Waals surface area contributed by atoms with Crippen molar-refractivity contribution in [1.82, 2.24) is 0 Å². The first-order valence-electron chi connectivity index (χ1n) is 6.34. The van der Waals surface area contributed by atoms with Crippen LogP contribution in [0.1, 0.15) is 16.7 Å². The van der Waals surface area contributed by atoms with Crippen molar-refractivity contribution < 1.29 is 9.13 Å². The fraction of sp³-hybridized carbons (Fsp3) is 0.250. The van der Waals surface area contributed by atoms with Gasteiger partial charge < -0.3 is 10.5 Å². The largest absolute Gasteiger partial charge is 0.457 e. The van der Waals surface area contributed by atoms with Gasteiger partial charge in [-0.2, -0.15) is 0 Å². The Morgan fingerprint density at radius 3 is 2.47 bits per heavy atom. The monoisotopic (exact) mass is 259 g/mol. The minimum atomic E-state index is -0.220. The molecule has 0 unspecified atom stereocenters. The second-order valence-electron chi connectivity index (χ2n) is 4.65. The van der Waals surface area contributed by atoms with Crippen molar-refractivity contribution in [3.8, 4) is 11.5 Å². The van der Waals surface area contributed by atoms with Crippen LogP contribution in [0.4, 0.5) is 4.39 Å². The molecule has 2 aromatic rings. The number of rotatable bonds is 4. The average molecular weight is 259 g/mol. The lowest BCUT2D eigenvalue weighted by molar-refractivity contribution is 0.476. The van der Waals surface area contributed by atoms with Gasteiger partial charge in [-0.25, -0.2) is 4.39 Å². The summed E-state index contributed by atoms with van der Waals surface area (Å²) in [6.07, 6.45) is 0.858.